The number of anilines is 1. The van der Waals surface area contributed by atoms with Crippen LogP contribution in [0.25, 0.3) is 21.3 Å². The second-order valence-corrected chi connectivity index (χ2v) is 8.85. The molecule has 0 fully saturated rings. The fourth-order valence-corrected chi connectivity index (χ4v) is 4.91. The highest BCUT2D eigenvalue weighted by molar-refractivity contribution is 7.22. The van der Waals surface area contributed by atoms with Crippen LogP contribution in [0.4, 0.5) is 5.13 Å². The molecule has 0 unspecified atom stereocenters. The summed E-state index contributed by atoms with van der Waals surface area (Å²) in [4.78, 5) is 22.7. The van der Waals surface area contributed by atoms with Crippen LogP contribution in [0.1, 0.15) is 29.8 Å². The van der Waals surface area contributed by atoms with Crippen molar-refractivity contribution in [2.45, 2.75) is 20.8 Å². The summed E-state index contributed by atoms with van der Waals surface area (Å²) < 4.78 is 1.11. The van der Waals surface area contributed by atoms with E-state index in [9.17, 15) is 4.79 Å². The molecule has 0 aliphatic rings. The van der Waals surface area contributed by atoms with Crippen LogP contribution in [0.5, 0.6) is 0 Å². The Balaban J connectivity index is 1.65. The number of benzene rings is 3. The maximum atomic E-state index is 13.6. The second kappa shape index (κ2) is 10.1. The van der Waals surface area contributed by atoms with Crippen molar-refractivity contribution in [2.24, 2.45) is 0 Å². The molecular weight excluding hydrogens is 414 g/mol. The summed E-state index contributed by atoms with van der Waals surface area (Å²) in [6, 6.07) is 24.3. The van der Waals surface area contributed by atoms with Gasteiger partial charge in [-0.05, 0) is 54.9 Å². The zero-order valence-electron chi connectivity index (χ0n) is 18.9. The van der Waals surface area contributed by atoms with Crippen LogP contribution in [-0.2, 0) is 0 Å². The number of carbonyl (C=O) groups is 1. The highest BCUT2D eigenvalue weighted by Gasteiger charge is 2.22. The lowest BCUT2D eigenvalue weighted by atomic mass is 10.0. The predicted molar refractivity (Wildman–Crippen MR) is 136 cm³/mol. The molecule has 164 valence electrons. The molecule has 1 amide bonds. The molecule has 1 heterocycles. The minimum absolute atomic E-state index is 0.00604. The smallest absolute Gasteiger partial charge is 0.260 e. The number of aromatic nitrogens is 1. The molecule has 0 atom stereocenters. The van der Waals surface area contributed by atoms with Crippen LogP contribution in [0.15, 0.2) is 72.8 Å². The topological polar surface area (TPSA) is 36.4 Å². The van der Waals surface area contributed by atoms with E-state index in [4.69, 9.17) is 4.98 Å². The first kappa shape index (κ1) is 22.2. The number of amides is 1. The Kier molecular flexibility index (Phi) is 6.98. The Morgan fingerprint density at radius 1 is 0.844 bits per heavy atom. The second-order valence-electron chi connectivity index (χ2n) is 7.85. The summed E-state index contributed by atoms with van der Waals surface area (Å²) in [7, 11) is 0. The number of hydrogen-bond acceptors (Lipinski definition) is 4. The summed E-state index contributed by atoms with van der Waals surface area (Å²) in [5, 5.41) is 0.763. The summed E-state index contributed by atoms with van der Waals surface area (Å²) in [5.74, 6) is -0.00604. The van der Waals surface area contributed by atoms with Crippen molar-refractivity contribution >= 4 is 32.6 Å². The van der Waals surface area contributed by atoms with E-state index in [0.29, 0.717) is 12.1 Å². The van der Waals surface area contributed by atoms with Crippen molar-refractivity contribution in [1.82, 2.24) is 9.88 Å². The van der Waals surface area contributed by atoms with E-state index in [-0.39, 0.29) is 5.91 Å². The number of para-hydroxylation sites is 1. The van der Waals surface area contributed by atoms with Gasteiger partial charge in [-0.15, -0.1) is 0 Å². The summed E-state index contributed by atoms with van der Waals surface area (Å²) in [6.45, 7) is 9.72. The van der Waals surface area contributed by atoms with Crippen LogP contribution in [0.2, 0.25) is 0 Å². The first-order valence-electron chi connectivity index (χ1n) is 11.2. The molecule has 0 radical (unpaired) electrons. The van der Waals surface area contributed by atoms with E-state index in [1.54, 1.807) is 11.3 Å². The van der Waals surface area contributed by atoms with Crippen LogP contribution < -0.4 is 4.90 Å². The number of thiazole rings is 1. The van der Waals surface area contributed by atoms with Crippen molar-refractivity contribution in [3.8, 4) is 11.1 Å². The van der Waals surface area contributed by atoms with E-state index in [1.807, 2.05) is 53.4 Å². The van der Waals surface area contributed by atoms with Crippen molar-refractivity contribution < 1.29 is 4.79 Å². The molecular formula is C27H29N3OS. The van der Waals surface area contributed by atoms with Gasteiger partial charge < -0.3 is 4.90 Å². The maximum Gasteiger partial charge on any atom is 0.260 e. The van der Waals surface area contributed by atoms with Crippen LogP contribution in [0.3, 0.4) is 0 Å². The van der Waals surface area contributed by atoms with Gasteiger partial charge in [0, 0.05) is 18.7 Å². The van der Waals surface area contributed by atoms with Gasteiger partial charge in [0.25, 0.3) is 5.91 Å². The molecule has 4 nitrogen and oxygen atoms in total. The number of carbonyl (C=O) groups excluding carboxylic acids is 1. The standard InChI is InChI=1S/C27H29N3OS/c1-4-29(5-2)18-19-30(27-28-25-20(3)10-9-13-24(25)32-27)26(31)23-16-14-22(15-17-23)21-11-7-6-8-12-21/h6-17H,4-5,18-19H2,1-3H3. The first-order valence-corrected chi connectivity index (χ1v) is 12.0. The molecule has 0 aliphatic carbocycles. The predicted octanol–water partition coefficient (Wildman–Crippen LogP) is 6.26. The van der Waals surface area contributed by atoms with Crippen molar-refractivity contribution in [2.75, 3.05) is 31.1 Å². The molecule has 1 aromatic heterocycles. The van der Waals surface area contributed by atoms with E-state index in [2.05, 4.69) is 49.9 Å². The Labute approximate surface area is 194 Å². The van der Waals surface area contributed by atoms with Gasteiger partial charge in [-0.25, -0.2) is 4.98 Å². The summed E-state index contributed by atoms with van der Waals surface area (Å²) in [6.07, 6.45) is 0. The number of likely N-dealkylation sites (N-methyl/N-ethyl adjacent to an activating group) is 1. The largest absolute Gasteiger partial charge is 0.302 e. The highest BCUT2D eigenvalue weighted by Crippen LogP contribution is 2.31. The third kappa shape index (κ3) is 4.74. The number of hydrogen-bond donors (Lipinski definition) is 0. The Hall–Kier alpha value is -3.02. The lowest BCUT2D eigenvalue weighted by molar-refractivity contribution is 0.0984. The molecule has 5 heteroatoms. The van der Waals surface area contributed by atoms with Gasteiger partial charge in [-0.2, -0.15) is 0 Å². The minimum Gasteiger partial charge on any atom is -0.302 e. The van der Waals surface area contributed by atoms with E-state index >= 15 is 0 Å². The Morgan fingerprint density at radius 3 is 2.19 bits per heavy atom. The zero-order chi connectivity index (χ0) is 22.5. The number of rotatable bonds is 8. The van der Waals surface area contributed by atoms with Gasteiger partial charge in [0.1, 0.15) is 0 Å². The van der Waals surface area contributed by atoms with E-state index < -0.39 is 0 Å². The van der Waals surface area contributed by atoms with Crippen LogP contribution in [0, 0.1) is 6.92 Å². The normalized spacial score (nSPS) is 11.2. The third-order valence-electron chi connectivity index (χ3n) is 5.86. The monoisotopic (exact) mass is 443 g/mol. The molecule has 0 saturated carbocycles. The Bertz CT molecular complexity index is 1180. The summed E-state index contributed by atoms with van der Waals surface area (Å²) >= 11 is 1.58. The van der Waals surface area contributed by atoms with Crippen molar-refractivity contribution in [3.63, 3.8) is 0 Å². The molecule has 0 spiro atoms. The molecule has 4 rings (SSSR count). The molecule has 0 saturated heterocycles. The quantitative estimate of drug-likeness (QED) is 0.322. The van der Waals surface area contributed by atoms with E-state index in [1.165, 1.54) is 0 Å². The van der Waals surface area contributed by atoms with Gasteiger partial charge >= 0.3 is 0 Å². The lowest BCUT2D eigenvalue weighted by Crippen LogP contribution is -2.38. The fraction of sp³-hybridized carbons (Fsp3) is 0.259. The third-order valence-corrected chi connectivity index (χ3v) is 6.90. The number of aryl methyl sites for hydroxylation is 1. The first-order chi connectivity index (χ1) is 15.6. The van der Waals surface area contributed by atoms with Gasteiger partial charge in [0.15, 0.2) is 5.13 Å². The van der Waals surface area contributed by atoms with Gasteiger partial charge in [0.2, 0.25) is 0 Å². The molecule has 0 aliphatic heterocycles. The van der Waals surface area contributed by atoms with Crippen LogP contribution >= 0.6 is 11.3 Å². The molecule has 0 N–H and O–H groups in total. The molecule has 3 aromatic carbocycles. The van der Waals surface area contributed by atoms with Gasteiger partial charge in [0.05, 0.1) is 10.2 Å². The van der Waals surface area contributed by atoms with E-state index in [0.717, 1.165) is 51.7 Å². The van der Waals surface area contributed by atoms with Gasteiger partial charge in [-0.3, -0.25) is 9.69 Å². The summed E-state index contributed by atoms with van der Waals surface area (Å²) in [5.41, 5.74) is 5.04. The van der Waals surface area contributed by atoms with Crippen LogP contribution in [-0.4, -0.2) is 42.0 Å². The molecule has 4 aromatic rings. The highest BCUT2D eigenvalue weighted by atomic mass is 32.1. The lowest BCUT2D eigenvalue weighted by Gasteiger charge is -2.24. The van der Waals surface area contributed by atoms with Gasteiger partial charge in [-0.1, -0.05) is 79.8 Å². The number of nitrogens with zero attached hydrogens (tertiary/aromatic N) is 3. The fourth-order valence-electron chi connectivity index (χ4n) is 3.85. The minimum atomic E-state index is -0.00604. The van der Waals surface area contributed by atoms with Crippen molar-refractivity contribution in [1.29, 1.82) is 0 Å². The molecule has 0 bridgehead atoms. The molecule has 32 heavy (non-hydrogen) atoms. The zero-order valence-corrected chi connectivity index (χ0v) is 19.7. The average Bonchev–Trinajstić information content (AvgIpc) is 3.28. The SMILES string of the molecule is CCN(CC)CCN(C(=O)c1ccc(-c2ccccc2)cc1)c1nc2c(C)cccc2s1. The van der Waals surface area contributed by atoms with Crippen molar-refractivity contribution in [3.05, 3.63) is 83.9 Å². The maximum absolute atomic E-state index is 13.6. The average molecular weight is 444 g/mol. The Morgan fingerprint density at radius 2 is 1.53 bits per heavy atom. The number of fused-ring (bicyclic) bond motifs is 1.